The maximum absolute atomic E-state index is 12.6. The summed E-state index contributed by atoms with van der Waals surface area (Å²) in [6.07, 6.45) is 6.41. The summed E-state index contributed by atoms with van der Waals surface area (Å²) in [5.41, 5.74) is 1.54. The quantitative estimate of drug-likeness (QED) is 0.623. The van der Waals surface area contributed by atoms with Crippen molar-refractivity contribution >= 4 is 29.0 Å². The molecule has 4 rings (SSSR count). The first kappa shape index (κ1) is 14.4. The highest BCUT2D eigenvalue weighted by atomic mass is 35.5. The summed E-state index contributed by atoms with van der Waals surface area (Å²) in [5.74, 6) is 0.181. The number of rotatable bonds is 3. The van der Waals surface area contributed by atoms with Gasteiger partial charge >= 0.3 is 0 Å². The summed E-state index contributed by atoms with van der Waals surface area (Å²) in [6, 6.07) is 10.7. The number of anilines is 1. The van der Waals surface area contributed by atoms with Crippen molar-refractivity contribution in [2.45, 2.75) is 0 Å². The lowest BCUT2D eigenvalue weighted by Gasteiger charge is -2.09. The molecule has 1 aromatic carbocycles. The fraction of sp³-hybridized carbons (Fsp3) is 0. The number of aromatic nitrogens is 5. The molecule has 0 atom stereocenters. The highest BCUT2D eigenvalue weighted by Crippen LogP contribution is 2.23. The maximum atomic E-state index is 12.6. The molecule has 3 heterocycles. The molecule has 0 spiro atoms. The molecule has 0 saturated heterocycles. The molecular formula is C16H11ClN6O. The topological polar surface area (TPSA) is 77.1 Å². The van der Waals surface area contributed by atoms with E-state index in [1.807, 2.05) is 18.2 Å². The van der Waals surface area contributed by atoms with Crippen LogP contribution in [0.5, 0.6) is 0 Å². The van der Waals surface area contributed by atoms with Gasteiger partial charge in [0.15, 0.2) is 5.65 Å². The molecule has 0 aliphatic carbocycles. The van der Waals surface area contributed by atoms with Crippen LogP contribution in [0, 0.1) is 0 Å². The molecule has 8 heteroatoms. The van der Waals surface area contributed by atoms with Gasteiger partial charge in [-0.3, -0.25) is 4.79 Å². The number of para-hydroxylation sites is 1. The molecule has 0 unspecified atom stereocenters. The lowest BCUT2D eigenvalue weighted by Crippen LogP contribution is -2.15. The van der Waals surface area contributed by atoms with Crippen LogP contribution in [0.15, 0.2) is 61.2 Å². The smallest absolute Gasteiger partial charge is 0.262 e. The van der Waals surface area contributed by atoms with Gasteiger partial charge in [0.25, 0.3) is 5.91 Å². The van der Waals surface area contributed by atoms with Crippen molar-refractivity contribution in [1.82, 2.24) is 24.4 Å². The highest BCUT2D eigenvalue weighted by molar-refractivity contribution is 6.32. The maximum Gasteiger partial charge on any atom is 0.262 e. The Hall–Kier alpha value is -3.19. The fourth-order valence-electron chi connectivity index (χ4n) is 2.38. The van der Waals surface area contributed by atoms with Gasteiger partial charge in [0.1, 0.15) is 11.4 Å². The van der Waals surface area contributed by atoms with E-state index in [1.54, 1.807) is 46.0 Å². The van der Waals surface area contributed by atoms with E-state index in [2.05, 4.69) is 20.5 Å². The molecule has 0 bridgehead atoms. The van der Waals surface area contributed by atoms with Crippen LogP contribution in [-0.4, -0.2) is 30.3 Å². The SMILES string of the molecule is O=C(Nc1ccnn1-c1ccccc1Cl)c1cnn2cccnc12. The van der Waals surface area contributed by atoms with Crippen LogP contribution in [-0.2, 0) is 0 Å². The van der Waals surface area contributed by atoms with E-state index < -0.39 is 0 Å². The minimum absolute atomic E-state index is 0.322. The molecule has 4 aromatic rings. The van der Waals surface area contributed by atoms with Gasteiger partial charge in [-0.2, -0.15) is 10.2 Å². The van der Waals surface area contributed by atoms with Gasteiger partial charge in [-0.05, 0) is 18.2 Å². The molecule has 1 N–H and O–H groups in total. The van der Waals surface area contributed by atoms with Crippen LogP contribution in [0.25, 0.3) is 11.3 Å². The Bertz CT molecular complexity index is 1040. The molecule has 0 aliphatic heterocycles. The lowest BCUT2D eigenvalue weighted by atomic mass is 10.3. The zero-order valence-electron chi connectivity index (χ0n) is 12.3. The molecule has 0 aliphatic rings. The van der Waals surface area contributed by atoms with E-state index >= 15 is 0 Å². The number of hydrogen-bond donors (Lipinski definition) is 1. The van der Waals surface area contributed by atoms with Gasteiger partial charge < -0.3 is 5.32 Å². The Morgan fingerprint density at radius 1 is 1.08 bits per heavy atom. The number of carbonyl (C=O) groups excluding carboxylic acids is 1. The first-order valence-corrected chi connectivity index (χ1v) is 7.50. The van der Waals surface area contributed by atoms with Crippen LogP contribution in [0.4, 0.5) is 5.82 Å². The van der Waals surface area contributed by atoms with Crippen LogP contribution in [0.1, 0.15) is 10.4 Å². The van der Waals surface area contributed by atoms with E-state index in [4.69, 9.17) is 11.6 Å². The average Bonchev–Trinajstić information content (AvgIpc) is 3.22. The first-order chi connectivity index (χ1) is 11.7. The summed E-state index contributed by atoms with van der Waals surface area (Å²) in [4.78, 5) is 16.8. The Morgan fingerprint density at radius 3 is 2.83 bits per heavy atom. The molecule has 0 radical (unpaired) electrons. The summed E-state index contributed by atoms with van der Waals surface area (Å²) < 4.78 is 3.11. The number of hydrogen-bond acceptors (Lipinski definition) is 4. The van der Waals surface area contributed by atoms with Gasteiger partial charge in [0, 0.05) is 18.5 Å². The van der Waals surface area contributed by atoms with Crippen molar-refractivity contribution in [3.05, 3.63) is 71.8 Å². The van der Waals surface area contributed by atoms with Gasteiger partial charge in [0.05, 0.1) is 23.1 Å². The van der Waals surface area contributed by atoms with Crippen molar-refractivity contribution in [3.8, 4) is 5.69 Å². The van der Waals surface area contributed by atoms with Crippen LogP contribution in [0.2, 0.25) is 5.02 Å². The molecule has 24 heavy (non-hydrogen) atoms. The Kier molecular flexibility index (Phi) is 3.47. The summed E-state index contributed by atoms with van der Waals surface area (Å²) in [5, 5.41) is 11.7. The number of amides is 1. The number of fused-ring (bicyclic) bond motifs is 1. The predicted molar refractivity (Wildman–Crippen MR) is 89.5 cm³/mol. The average molecular weight is 339 g/mol. The fourth-order valence-corrected chi connectivity index (χ4v) is 2.60. The zero-order chi connectivity index (χ0) is 16.5. The van der Waals surface area contributed by atoms with Crippen molar-refractivity contribution < 1.29 is 4.79 Å². The van der Waals surface area contributed by atoms with Crippen molar-refractivity contribution in [3.63, 3.8) is 0 Å². The van der Waals surface area contributed by atoms with E-state index in [0.29, 0.717) is 27.7 Å². The van der Waals surface area contributed by atoms with Crippen molar-refractivity contribution in [2.24, 2.45) is 0 Å². The normalized spacial score (nSPS) is 10.9. The number of nitrogens with zero attached hydrogens (tertiary/aromatic N) is 5. The largest absolute Gasteiger partial charge is 0.306 e. The standard InChI is InChI=1S/C16H11ClN6O/c17-12-4-1-2-5-13(12)23-14(6-8-19-23)21-16(24)11-10-20-22-9-3-7-18-15(11)22/h1-10H,(H,21,24). The molecule has 3 aromatic heterocycles. The minimum Gasteiger partial charge on any atom is -0.306 e. The Morgan fingerprint density at radius 2 is 1.96 bits per heavy atom. The zero-order valence-corrected chi connectivity index (χ0v) is 13.1. The molecule has 0 saturated carbocycles. The second-order valence-electron chi connectivity index (χ2n) is 4.98. The van der Waals surface area contributed by atoms with Gasteiger partial charge in [-0.1, -0.05) is 23.7 Å². The van der Waals surface area contributed by atoms with E-state index in [1.165, 1.54) is 6.20 Å². The number of halogens is 1. The first-order valence-electron chi connectivity index (χ1n) is 7.13. The summed E-state index contributed by atoms with van der Waals surface area (Å²) >= 11 is 6.21. The third-order valence-electron chi connectivity index (χ3n) is 3.49. The molecule has 1 amide bonds. The van der Waals surface area contributed by atoms with Crippen molar-refractivity contribution in [1.29, 1.82) is 0 Å². The van der Waals surface area contributed by atoms with Crippen LogP contribution >= 0.6 is 11.6 Å². The second-order valence-corrected chi connectivity index (χ2v) is 5.39. The van der Waals surface area contributed by atoms with E-state index in [-0.39, 0.29) is 5.91 Å². The van der Waals surface area contributed by atoms with Gasteiger partial charge in [0.2, 0.25) is 0 Å². The third kappa shape index (κ3) is 2.40. The van der Waals surface area contributed by atoms with Crippen molar-refractivity contribution in [2.75, 3.05) is 5.32 Å². The molecule has 118 valence electrons. The van der Waals surface area contributed by atoms with E-state index in [0.717, 1.165) is 0 Å². The van der Waals surface area contributed by atoms with Gasteiger partial charge in [-0.15, -0.1) is 0 Å². The number of benzene rings is 1. The van der Waals surface area contributed by atoms with Gasteiger partial charge in [-0.25, -0.2) is 14.2 Å². The summed E-state index contributed by atoms with van der Waals surface area (Å²) in [6.45, 7) is 0. The van der Waals surface area contributed by atoms with Crippen LogP contribution < -0.4 is 5.32 Å². The second kappa shape index (κ2) is 5.78. The predicted octanol–water partition coefficient (Wildman–Crippen LogP) is 2.82. The monoisotopic (exact) mass is 338 g/mol. The molecule has 7 nitrogen and oxygen atoms in total. The highest BCUT2D eigenvalue weighted by Gasteiger charge is 2.16. The third-order valence-corrected chi connectivity index (χ3v) is 3.81. The van der Waals surface area contributed by atoms with Crippen LogP contribution in [0.3, 0.4) is 0 Å². The number of carbonyl (C=O) groups is 1. The minimum atomic E-state index is -0.322. The lowest BCUT2D eigenvalue weighted by molar-refractivity contribution is 0.102. The molecular weight excluding hydrogens is 328 g/mol. The Labute approximate surface area is 141 Å². The summed E-state index contributed by atoms with van der Waals surface area (Å²) in [7, 11) is 0. The Balaban J connectivity index is 1.69. The molecule has 0 fully saturated rings. The number of nitrogens with one attached hydrogen (secondary N) is 1. The van der Waals surface area contributed by atoms with E-state index in [9.17, 15) is 4.79 Å².